The minimum Gasteiger partial charge on any atom is -0.413 e. The molecule has 26 heavy (non-hydrogen) atoms. The summed E-state index contributed by atoms with van der Waals surface area (Å²) in [7, 11) is -3.49. The molecule has 5 rings (SSSR count). The van der Waals surface area contributed by atoms with Crippen molar-refractivity contribution in [2.24, 2.45) is 0 Å². The predicted molar refractivity (Wildman–Crippen MR) is 106 cm³/mol. The van der Waals surface area contributed by atoms with Gasteiger partial charge in [0.05, 0.1) is 0 Å². The summed E-state index contributed by atoms with van der Waals surface area (Å²) in [6.45, 7) is 3.66. The van der Waals surface area contributed by atoms with E-state index in [1.165, 1.54) is 5.82 Å². The first kappa shape index (κ1) is 15.2. The Hall–Kier alpha value is -3.03. The Kier molecular flexibility index (Phi) is 3.22. The molecule has 126 valence electrons. The first-order valence-corrected chi connectivity index (χ1v) is 9.96. The van der Waals surface area contributed by atoms with E-state index in [1.54, 1.807) is 0 Å². The van der Waals surface area contributed by atoms with Gasteiger partial charge in [0.25, 0.3) is 0 Å². The molecule has 0 N–H and O–H groups in total. The van der Waals surface area contributed by atoms with E-state index in [-0.39, 0.29) is 0 Å². The van der Waals surface area contributed by atoms with Crippen LogP contribution in [0.3, 0.4) is 0 Å². The molecule has 1 aliphatic rings. The normalized spacial score (nSPS) is 14.6. The summed E-state index contributed by atoms with van der Waals surface area (Å²) < 4.78 is 24.8. The summed E-state index contributed by atoms with van der Waals surface area (Å²) in [5, 5.41) is 4.24. The zero-order valence-electron chi connectivity index (χ0n) is 13.9. The van der Waals surface area contributed by atoms with Crippen molar-refractivity contribution in [1.29, 1.82) is 0 Å². The van der Waals surface area contributed by atoms with Crippen LogP contribution in [-0.4, -0.2) is 0 Å². The fourth-order valence-electron chi connectivity index (χ4n) is 3.54. The molecular formula is C22H15O3P. The second-order valence-electron chi connectivity index (χ2n) is 6.22. The van der Waals surface area contributed by atoms with Crippen molar-refractivity contribution in [1.82, 2.24) is 0 Å². The van der Waals surface area contributed by atoms with Crippen molar-refractivity contribution in [2.75, 3.05) is 0 Å². The fraction of sp³-hybridized carbons (Fsp3) is 0. The van der Waals surface area contributed by atoms with Crippen molar-refractivity contribution in [2.45, 2.75) is 0 Å². The molecule has 4 aromatic rings. The Labute approximate surface area is 151 Å². The molecule has 0 unspecified atom stereocenters. The maximum Gasteiger partial charge on any atom is 0.455 e. The van der Waals surface area contributed by atoms with Gasteiger partial charge in [0.15, 0.2) is 0 Å². The van der Waals surface area contributed by atoms with Gasteiger partial charge < -0.3 is 9.05 Å². The van der Waals surface area contributed by atoms with E-state index in [4.69, 9.17) is 9.05 Å². The zero-order chi connectivity index (χ0) is 17.7. The van der Waals surface area contributed by atoms with E-state index >= 15 is 0 Å². The van der Waals surface area contributed by atoms with Crippen LogP contribution < -0.4 is 9.05 Å². The van der Waals surface area contributed by atoms with E-state index in [0.717, 1.165) is 32.7 Å². The van der Waals surface area contributed by atoms with Gasteiger partial charge in [-0.25, -0.2) is 4.57 Å². The van der Waals surface area contributed by atoms with E-state index in [0.29, 0.717) is 11.5 Å². The topological polar surface area (TPSA) is 35.5 Å². The number of rotatable bonds is 1. The van der Waals surface area contributed by atoms with Gasteiger partial charge in [0.1, 0.15) is 11.5 Å². The van der Waals surface area contributed by atoms with Gasteiger partial charge in [-0.1, -0.05) is 67.2 Å². The SMILES string of the molecule is C=CP1(=O)Oc2ccc3ccccc3c2-c2c(ccc3ccccc23)O1. The lowest BCUT2D eigenvalue weighted by molar-refractivity contribution is 0.404. The summed E-state index contributed by atoms with van der Waals surface area (Å²) in [4.78, 5) is 0. The lowest BCUT2D eigenvalue weighted by Crippen LogP contribution is -1.96. The van der Waals surface area contributed by atoms with Crippen LogP contribution >= 0.6 is 7.60 Å². The van der Waals surface area contributed by atoms with Crippen molar-refractivity contribution < 1.29 is 13.6 Å². The third kappa shape index (κ3) is 2.18. The number of benzene rings is 4. The first-order chi connectivity index (χ1) is 12.7. The van der Waals surface area contributed by atoms with E-state index < -0.39 is 7.60 Å². The molecular weight excluding hydrogens is 343 g/mol. The Morgan fingerprint density at radius 1 is 0.692 bits per heavy atom. The quantitative estimate of drug-likeness (QED) is 0.352. The Morgan fingerprint density at radius 3 is 1.62 bits per heavy atom. The maximum absolute atomic E-state index is 13.1. The largest absolute Gasteiger partial charge is 0.455 e. The third-order valence-corrected chi connectivity index (χ3v) is 6.06. The smallest absolute Gasteiger partial charge is 0.413 e. The molecule has 1 heterocycles. The summed E-state index contributed by atoms with van der Waals surface area (Å²) >= 11 is 0. The molecule has 0 spiro atoms. The van der Waals surface area contributed by atoms with Gasteiger partial charge >= 0.3 is 7.60 Å². The van der Waals surface area contributed by atoms with Crippen LogP contribution in [0.1, 0.15) is 0 Å². The minimum atomic E-state index is -3.49. The Bertz CT molecular complexity index is 1150. The van der Waals surface area contributed by atoms with Crippen molar-refractivity contribution in [3.63, 3.8) is 0 Å². The van der Waals surface area contributed by atoms with Crippen LogP contribution in [0.5, 0.6) is 11.5 Å². The highest BCUT2D eigenvalue weighted by Crippen LogP contribution is 2.59. The molecule has 0 aromatic heterocycles. The van der Waals surface area contributed by atoms with E-state index in [1.807, 2.05) is 60.7 Å². The molecule has 0 aliphatic carbocycles. The predicted octanol–water partition coefficient (Wildman–Crippen LogP) is 6.77. The Balaban J connectivity index is 2.01. The molecule has 0 radical (unpaired) electrons. The monoisotopic (exact) mass is 358 g/mol. The number of fused-ring (bicyclic) bond motifs is 7. The van der Waals surface area contributed by atoms with Gasteiger partial charge in [-0.2, -0.15) is 0 Å². The molecule has 1 aliphatic heterocycles. The summed E-state index contributed by atoms with van der Waals surface area (Å²) in [5.74, 6) is 2.35. The molecule has 3 nitrogen and oxygen atoms in total. The van der Waals surface area contributed by atoms with Gasteiger partial charge in [-0.05, 0) is 33.7 Å². The maximum atomic E-state index is 13.1. The zero-order valence-corrected chi connectivity index (χ0v) is 14.8. The molecule has 0 saturated carbocycles. The lowest BCUT2D eigenvalue weighted by atomic mass is 9.92. The lowest BCUT2D eigenvalue weighted by Gasteiger charge is -2.14. The van der Waals surface area contributed by atoms with Crippen LogP contribution in [0.25, 0.3) is 32.7 Å². The minimum absolute atomic E-state index is 0.544. The van der Waals surface area contributed by atoms with Crippen LogP contribution in [0.15, 0.2) is 85.2 Å². The van der Waals surface area contributed by atoms with E-state index in [2.05, 4.69) is 18.7 Å². The van der Waals surface area contributed by atoms with Crippen LogP contribution in [0.4, 0.5) is 0 Å². The first-order valence-electron chi connectivity index (χ1n) is 8.35. The molecule has 0 saturated heterocycles. The highest BCUT2D eigenvalue weighted by Gasteiger charge is 2.32. The molecule has 4 heteroatoms. The van der Waals surface area contributed by atoms with Crippen LogP contribution in [0.2, 0.25) is 0 Å². The average Bonchev–Trinajstić information content (AvgIpc) is 2.82. The fourth-order valence-corrected chi connectivity index (χ4v) is 4.58. The van der Waals surface area contributed by atoms with Crippen molar-refractivity contribution in [3.05, 3.63) is 85.2 Å². The average molecular weight is 358 g/mol. The van der Waals surface area contributed by atoms with E-state index in [9.17, 15) is 4.57 Å². The standard InChI is InChI=1S/C22H15O3P/c1-2-26(23)24-19-13-11-15-7-3-5-9-17(15)21(19)22-18-10-6-4-8-16(18)12-14-20(22)25-26/h2-14H,1H2. The number of hydrogen-bond acceptors (Lipinski definition) is 3. The summed E-state index contributed by atoms with van der Waals surface area (Å²) in [6, 6.07) is 23.8. The molecule has 0 bridgehead atoms. The van der Waals surface area contributed by atoms with Gasteiger partial charge in [-0.3, -0.25) is 0 Å². The second-order valence-corrected chi connectivity index (χ2v) is 8.03. The van der Waals surface area contributed by atoms with Crippen molar-refractivity contribution >= 4 is 29.1 Å². The van der Waals surface area contributed by atoms with Crippen LogP contribution in [-0.2, 0) is 4.57 Å². The highest BCUT2D eigenvalue weighted by molar-refractivity contribution is 7.58. The van der Waals surface area contributed by atoms with Gasteiger partial charge in [0, 0.05) is 16.9 Å². The third-order valence-electron chi connectivity index (χ3n) is 4.71. The number of hydrogen-bond donors (Lipinski definition) is 0. The Morgan fingerprint density at radius 2 is 1.15 bits per heavy atom. The second kappa shape index (κ2) is 5.48. The molecule has 0 atom stereocenters. The summed E-state index contributed by atoms with van der Waals surface area (Å²) in [5.41, 5.74) is 1.80. The highest BCUT2D eigenvalue weighted by atomic mass is 31.2. The van der Waals surface area contributed by atoms with Gasteiger partial charge in [-0.15, -0.1) is 0 Å². The molecule has 4 aromatic carbocycles. The summed E-state index contributed by atoms with van der Waals surface area (Å²) in [6.07, 6.45) is 0. The van der Waals surface area contributed by atoms with Crippen LogP contribution in [0, 0.1) is 0 Å². The molecule has 0 fully saturated rings. The molecule has 0 amide bonds. The van der Waals surface area contributed by atoms with Crippen molar-refractivity contribution in [3.8, 4) is 22.6 Å². The van der Waals surface area contributed by atoms with Gasteiger partial charge in [0.2, 0.25) is 0 Å².